The Balaban J connectivity index is 0.000000294. The Kier molecular flexibility index (Phi) is 30.0. The van der Waals surface area contributed by atoms with Crippen LogP contribution in [-0.2, 0) is 49.8 Å². The van der Waals surface area contributed by atoms with Gasteiger partial charge in [0.25, 0.3) is 0 Å². The Labute approximate surface area is 527 Å². The van der Waals surface area contributed by atoms with Gasteiger partial charge in [-0.15, -0.1) is 92.5 Å². The smallest absolute Gasteiger partial charge is 0.162 e. The number of carbonyl (C=O) groups excluding carboxylic acids is 2. The first-order valence-corrected chi connectivity index (χ1v) is 30.7. The van der Waals surface area contributed by atoms with Crippen molar-refractivity contribution in [3.63, 3.8) is 0 Å². The molecule has 4 aromatic carbocycles. The van der Waals surface area contributed by atoms with Gasteiger partial charge in [-0.25, -0.2) is 0 Å². The average Bonchev–Trinajstić information content (AvgIpc) is 4.11. The van der Waals surface area contributed by atoms with E-state index < -0.39 is 0 Å². The van der Waals surface area contributed by atoms with Gasteiger partial charge in [-0.1, -0.05) is 143 Å². The van der Waals surface area contributed by atoms with E-state index in [2.05, 4.69) is 157 Å². The zero-order valence-corrected chi connectivity index (χ0v) is 57.9. The van der Waals surface area contributed by atoms with Crippen molar-refractivity contribution in [2.45, 2.75) is 162 Å². The van der Waals surface area contributed by atoms with Crippen LogP contribution in [0.3, 0.4) is 0 Å². The van der Waals surface area contributed by atoms with E-state index in [-0.39, 0.29) is 87.0 Å². The molecule has 4 heterocycles. The van der Waals surface area contributed by atoms with Crippen LogP contribution in [0.5, 0.6) is 0 Å². The number of aromatic nitrogens is 2. The Bertz CT molecular complexity index is 3280. The average molecular weight is 1490 g/mol. The van der Waals surface area contributed by atoms with E-state index in [0.29, 0.717) is 0 Å². The summed E-state index contributed by atoms with van der Waals surface area (Å²) < 4.78 is 2.45. The van der Waals surface area contributed by atoms with Crippen molar-refractivity contribution in [2.75, 3.05) is 0 Å². The molecule has 0 amide bonds. The molecule has 0 saturated heterocycles. The second-order valence-corrected chi connectivity index (χ2v) is 23.7. The summed E-state index contributed by atoms with van der Waals surface area (Å²) in [5, 5.41) is 22.0. The number of carbonyl (C=O) groups is 2. The van der Waals surface area contributed by atoms with Gasteiger partial charge in [0, 0.05) is 98.2 Å². The predicted molar refractivity (Wildman–Crippen MR) is 344 cm³/mol. The molecular formula is C72H88Ir2N2O4S2-2. The Morgan fingerprint density at radius 2 is 0.817 bits per heavy atom. The van der Waals surface area contributed by atoms with Gasteiger partial charge in [0.1, 0.15) is 0 Å². The van der Waals surface area contributed by atoms with Crippen LogP contribution < -0.4 is 0 Å². The number of aliphatic hydroxyl groups is 2. The van der Waals surface area contributed by atoms with Crippen LogP contribution in [0.4, 0.5) is 0 Å². The fourth-order valence-electron chi connectivity index (χ4n) is 10.4. The van der Waals surface area contributed by atoms with E-state index in [4.69, 9.17) is 4.98 Å². The number of fused-ring (bicyclic) bond motifs is 2. The Morgan fingerprint density at radius 3 is 1.18 bits per heavy atom. The van der Waals surface area contributed by atoms with Crippen LogP contribution in [0.2, 0.25) is 0 Å². The quantitative estimate of drug-likeness (QED) is 0.0504. The summed E-state index contributed by atoms with van der Waals surface area (Å²) in [5.41, 5.74) is 16.8. The first-order valence-electron chi connectivity index (χ1n) is 29.0. The number of benzene rings is 4. The molecule has 6 nitrogen and oxygen atoms in total. The van der Waals surface area contributed by atoms with Gasteiger partial charge < -0.3 is 20.2 Å². The van der Waals surface area contributed by atoms with Crippen molar-refractivity contribution >= 4 is 54.4 Å². The van der Waals surface area contributed by atoms with Gasteiger partial charge in [-0.05, 0) is 136 Å². The molecule has 0 saturated carbocycles. The third kappa shape index (κ3) is 20.0. The van der Waals surface area contributed by atoms with Gasteiger partial charge in [-0.2, -0.15) is 0 Å². The molecule has 0 bridgehead atoms. The van der Waals surface area contributed by atoms with Gasteiger partial charge in [0.2, 0.25) is 0 Å². The molecule has 8 aromatic rings. The van der Waals surface area contributed by atoms with Crippen LogP contribution in [0.15, 0.2) is 121 Å². The van der Waals surface area contributed by atoms with Gasteiger partial charge in [0.15, 0.2) is 11.6 Å². The van der Waals surface area contributed by atoms with E-state index in [1.54, 1.807) is 11.3 Å². The van der Waals surface area contributed by atoms with Crippen molar-refractivity contribution in [1.29, 1.82) is 0 Å². The third-order valence-corrected chi connectivity index (χ3v) is 17.3. The van der Waals surface area contributed by atoms with E-state index in [0.717, 1.165) is 85.0 Å². The molecule has 10 heteroatoms. The first kappa shape index (κ1) is 71.1. The molecule has 4 aromatic heterocycles. The monoisotopic (exact) mass is 1490 g/mol. The normalized spacial score (nSPS) is 11.4. The minimum atomic E-state index is 0. The van der Waals surface area contributed by atoms with Crippen LogP contribution in [0.25, 0.3) is 63.6 Å². The standard InChI is InChI=1S/C24H22NS.C22H18NS.2C13H24O2.2Ir/c1-14-6-15(2)10-19(9-14)21-11-20-12-22(26-23(20)13-25-21)24-17(4)7-16(3)8-18(24)5;1-14-4-6-17(7-5-14)21-12-19-11-20(23-13-22(19)24-21)18-9-15(2)8-16(3)10-18;2*1-5-10(6-2)12(14)9-13(15)11(7-3)8-4;;/h6-9,11-13H,1-5H3;4-9,11-13H,1-3H3;2*9-11,14H,5-8H2,1-4H3;;/q2*-1;;;;. The van der Waals surface area contributed by atoms with Crippen molar-refractivity contribution < 1.29 is 60.0 Å². The molecule has 0 fully saturated rings. The number of aliphatic hydroxyl groups excluding tert-OH is 2. The number of ketones is 2. The second-order valence-electron chi connectivity index (χ2n) is 21.6. The molecule has 8 rings (SSSR count). The van der Waals surface area contributed by atoms with Crippen molar-refractivity contribution in [3.05, 3.63) is 178 Å². The van der Waals surface area contributed by atoms with Gasteiger partial charge in [-0.3, -0.25) is 9.59 Å². The maximum absolute atomic E-state index is 11.7. The fourth-order valence-corrected chi connectivity index (χ4v) is 12.6. The van der Waals surface area contributed by atoms with E-state index >= 15 is 0 Å². The number of pyridine rings is 2. The number of aryl methyl sites for hydroxylation is 8. The molecule has 0 aliphatic rings. The largest absolute Gasteiger partial charge is 0.512 e. The molecule has 442 valence electrons. The summed E-state index contributed by atoms with van der Waals surface area (Å²) >= 11 is 3.62. The third-order valence-electron chi connectivity index (χ3n) is 15.1. The summed E-state index contributed by atoms with van der Waals surface area (Å²) in [6.45, 7) is 33.2. The summed E-state index contributed by atoms with van der Waals surface area (Å²) in [7, 11) is 0. The zero-order chi connectivity index (χ0) is 58.8. The molecular weight excluding hydrogens is 1410 g/mol. The van der Waals surface area contributed by atoms with Crippen LogP contribution in [0, 0.1) is 91.2 Å². The maximum atomic E-state index is 11.7. The summed E-state index contributed by atoms with van der Waals surface area (Å²) in [5.74, 6) is 1.09. The summed E-state index contributed by atoms with van der Waals surface area (Å²) in [6.07, 6.45) is 13.8. The molecule has 2 radical (unpaired) electrons. The molecule has 0 atom stereocenters. The SMILES string of the molecule is CCC(CC)C(=O)C=C(O)C(CC)CC.CCC(CC)C(=O)C=C(O)C(CC)CC.Cc1[c-]c(-c2cc3cc(-c4c(C)cc(C)cc4C)sc3cn2)cc(C)c1.Cc1[c-]c(-c2cc3cc(-c4ccc(C)cc4)sc3cn2)cc(C)c1.[Ir].[Ir]. The number of rotatable bonds is 18. The Morgan fingerprint density at radius 1 is 0.463 bits per heavy atom. The molecule has 2 N–H and O–H groups in total. The molecule has 0 unspecified atom stereocenters. The van der Waals surface area contributed by atoms with Crippen LogP contribution in [0.1, 0.15) is 151 Å². The van der Waals surface area contributed by atoms with Crippen molar-refractivity contribution in [1.82, 2.24) is 9.97 Å². The van der Waals surface area contributed by atoms with Crippen LogP contribution in [-0.4, -0.2) is 31.7 Å². The predicted octanol–water partition coefficient (Wildman–Crippen LogP) is 21.1. The van der Waals surface area contributed by atoms with Crippen molar-refractivity contribution in [2.24, 2.45) is 23.7 Å². The van der Waals surface area contributed by atoms with Crippen LogP contribution >= 0.6 is 22.7 Å². The number of hydrogen-bond donors (Lipinski definition) is 2. The fraction of sp³-hybridized carbons (Fsp3) is 0.389. The minimum Gasteiger partial charge on any atom is -0.512 e. The van der Waals surface area contributed by atoms with Gasteiger partial charge >= 0.3 is 0 Å². The van der Waals surface area contributed by atoms with E-state index in [9.17, 15) is 19.8 Å². The van der Waals surface area contributed by atoms with E-state index in [1.807, 2.05) is 79.1 Å². The number of thiophene rings is 2. The maximum Gasteiger partial charge on any atom is 0.162 e. The van der Waals surface area contributed by atoms with E-state index in [1.165, 1.54) is 86.6 Å². The molecule has 0 spiro atoms. The topological polar surface area (TPSA) is 100 Å². The Hall–Kier alpha value is -5.18. The molecule has 0 aliphatic carbocycles. The molecule has 0 aliphatic heterocycles. The summed E-state index contributed by atoms with van der Waals surface area (Å²) in [4.78, 5) is 35.4. The minimum absolute atomic E-state index is 0. The number of nitrogens with zero attached hydrogens (tertiary/aromatic N) is 2. The number of hydrogen-bond acceptors (Lipinski definition) is 8. The summed E-state index contributed by atoms with van der Waals surface area (Å²) in [6, 6.07) is 37.6. The van der Waals surface area contributed by atoms with Crippen molar-refractivity contribution in [3.8, 4) is 43.4 Å². The first-order chi connectivity index (χ1) is 38.2. The molecule has 82 heavy (non-hydrogen) atoms. The number of allylic oxidation sites excluding steroid dienone is 4. The zero-order valence-electron chi connectivity index (χ0n) is 51.4. The van der Waals surface area contributed by atoms with Gasteiger partial charge in [0.05, 0.1) is 20.9 Å². The second kappa shape index (κ2) is 34.6.